The average molecular weight is 490 g/mol. The van der Waals surface area contributed by atoms with Crippen molar-refractivity contribution in [3.8, 4) is 17.6 Å². The van der Waals surface area contributed by atoms with Crippen LogP contribution in [0.3, 0.4) is 0 Å². The molecule has 0 aromatic heterocycles. The SMILES string of the molecule is COc1cc(/C=C(\C#N)C(=O)Nc2cccc(C)c2C)cc(I)c1OC(C)C. The molecule has 0 radical (unpaired) electrons. The van der Waals surface area contributed by atoms with Gasteiger partial charge in [0.15, 0.2) is 11.5 Å². The highest BCUT2D eigenvalue weighted by atomic mass is 127. The molecule has 0 spiro atoms. The fourth-order valence-electron chi connectivity index (χ4n) is 2.56. The molecule has 6 heteroatoms. The Morgan fingerprint density at radius 2 is 2.00 bits per heavy atom. The Hall–Kier alpha value is -2.53. The van der Waals surface area contributed by atoms with Crippen LogP contribution in [0.5, 0.6) is 11.5 Å². The summed E-state index contributed by atoms with van der Waals surface area (Å²) in [6.45, 7) is 7.78. The van der Waals surface area contributed by atoms with Crippen LogP contribution in [0.4, 0.5) is 5.69 Å². The van der Waals surface area contributed by atoms with Crippen molar-refractivity contribution < 1.29 is 14.3 Å². The normalized spacial score (nSPS) is 11.1. The zero-order chi connectivity index (χ0) is 20.8. The van der Waals surface area contributed by atoms with Crippen LogP contribution in [0, 0.1) is 28.7 Å². The van der Waals surface area contributed by atoms with E-state index in [2.05, 4.69) is 27.9 Å². The maximum absolute atomic E-state index is 12.6. The Balaban J connectivity index is 2.36. The van der Waals surface area contributed by atoms with E-state index in [1.54, 1.807) is 19.3 Å². The van der Waals surface area contributed by atoms with E-state index in [4.69, 9.17) is 9.47 Å². The molecule has 0 atom stereocenters. The van der Waals surface area contributed by atoms with Crippen LogP contribution in [0.25, 0.3) is 6.08 Å². The first kappa shape index (κ1) is 21.8. The lowest BCUT2D eigenvalue weighted by molar-refractivity contribution is -0.112. The molecular weight excluding hydrogens is 467 g/mol. The monoisotopic (exact) mass is 490 g/mol. The number of rotatable bonds is 6. The predicted octanol–water partition coefficient (Wildman–Crippen LogP) is 5.25. The van der Waals surface area contributed by atoms with Crippen LogP contribution in [0.1, 0.15) is 30.5 Å². The zero-order valence-corrected chi connectivity index (χ0v) is 18.7. The molecule has 1 N–H and O–H groups in total. The highest BCUT2D eigenvalue weighted by Crippen LogP contribution is 2.35. The standard InChI is InChI=1S/C22H23IN2O3/c1-13(2)28-21-18(23)10-16(11-20(21)27-5)9-17(12-24)22(26)25-19-8-6-7-14(3)15(19)4/h6-11,13H,1-5H3,(H,25,26)/b17-9+. The lowest BCUT2D eigenvalue weighted by Gasteiger charge is -2.16. The lowest BCUT2D eigenvalue weighted by Crippen LogP contribution is -2.14. The largest absolute Gasteiger partial charge is 0.493 e. The second kappa shape index (κ2) is 9.60. The molecule has 2 rings (SSSR count). The minimum atomic E-state index is -0.451. The van der Waals surface area contributed by atoms with Crippen molar-refractivity contribution >= 4 is 40.3 Å². The van der Waals surface area contributed by atoms with Crippen molar-refractivity contribution in [2.45, 2.75) is 33.8 Å². The number of methoxy groups -OCH3 is 1. The van der Waals surface area contributed by atoms with Crippen molar-refractivity contribution in [2.75, 3.05) is 12.4 Å². The van der Waals surface area contributed by atoms with Gasteiger partial charge in [-0.2, -0.15) is 5.26 Å². The summed E-state index contributed by atoms with van der Waals surface area (Å²) >= 11 is 2.15. The van der Waals surface area contributed by atoms with Gasteiger partial charge in [0.1, 0.15) is 11.6 Å². The van der Waals surface area contributed by atoms with Gasteiger partial charge in [-0.3, -0.25) is 4.79 Å². The summed E-state index contributed by atoms with van der Waals surface area (Å²) in [6, 6.07) is 11.2. The molecule has 0 unspecified atom stereocenters. The van der Waals surface area contributed by atoms with E-state index < -0.39 is 5.91 Å². The molecule has 0 saturated carbocycles. The molecule has 0 aliphatic carbocycles. The first-order valence-electron chi connectivity index (χ1n) is 8.80. The van der Waals surface area contributed by atoms with Gasteiger partial charge in [0.2, 0.25) is 0 Å². The number of carbonyl (C=O) groups is 1. The lowest BCUT2D eigenvalue weighted by atomic mass is 10.1. The van der Waals surface area contributed by atoms with Crippen LogP contribution in [-0.4, -0.2) is 19.1 Å². The van der Waals surface area contributed by atoms with Crippen LogP contribution < -0.4 is 14.8 Å². The number of amides is 1. The Morgan fingerprint density at radius 3 is 2.61 bits per heavy atom. The van der Waals surface area contributed by atoms with Gasteiger partial charge in [0.05, 0.1) is 16.8 Å². The third-order valence-electron chi connectivity index (χ3n) is 4.13. The van der Waals surface area contributed by atoms with Gasteiger partial charge in [-0.15, -0.1) is 0 Å². The van der Waals surface area contributed by atoms with Crippen molar-refractivity contribution in [3.05, 3.63) is 56.2 Å². The fraction of sp³-hybridized carbons (Fsp3) is 0.273. The number of nitriles is 1. The van der Waals surface area contributed by atoms with E-state index in [1.165, 1.54) is 0 Å². The average Bonchev–Trinajstić information content (AvgIpc) is 2.64. The number of nitrogens with one attached hydrogen (secondary N) is 1. The second-order valence-corrected chi connectivity index (χ2v) is 7.73. The van der Waals surface area contributed by atoms with Gasteiger partial charge in [-0.1, -0.05) is 12.1 Å². The number of anilines is 1. The molecular formula is C22H23IN2O3. The van der Waals surface area contributed by atoms with Gasteiger partial charge in [-0.25, -0.2) is 0 Å². The van der Waals surface area contributed by atoms with E-state index in [0.29, 0.717) is 22.7 Å². The first-order valence-corrected chi connectivity index (χ1v) is 9.88. The fourth-order valence-corrected chi connectivity index (χ4v) is 3.32. The number of nitrogens with zero attached hydrogens (tertiary/aromatic N) is 1. The molecule has 5 nitrogen and oxygen atoms in total. The van der Waals surface area contributed by atoms with E-state index in [-0.39, 0.29) is 11.7 Å². The predicted molar refractivity (Wildman–Crippen MR) is 120 cm³/mol. The molecule has 0 fully saturated rings. The maximum atomic E-state index is 12.6. The highest BCUT2D eigenvalue weighted by molar-refractivity contribution is 14.1. The minimum Gasteiger partial charge on any atom is -0.493 e. The van der Waals surface area contributed by atoms with Gasteiger partial charge in [0.25, 0.3) is 5.91 Å². The number of halogens is 1. The minimum absolute atomic E-state index is 0.00169. The number of ether oxygens (including phenoxy) is 2. The first-order chi connectivity index (χ1) is 13.3. The third kappa shape index (κ3) is 5.26. The van der Waals surface area contributed by atoms with Gasteiger partial charge in [0, 0.05) is 5.69 Å². The molecule has 0 bridgehead atoms. The Bertz CT molecular complexity index is 959. The van der Waals surface area contributed by atoms with E-state index in [1.807, 2.05) is 58.0 Å². The maximum Gasteiger partial charge on any atom is 0.266 e. The summed E-state index contributed by atoms with van der Waals surface area (Å²) in [4.78, 5) is 12.6. The van der Waals surface area contributed by atoms with Crippen LogP contribution in [0.2, 0.25) is 0 Å². The molecule has 2 aromatic carbocycles. The van der Waals surface area contributed by atoms with Crippen molar-refractivity contribution in [1.29, 1.82) is 5.26 Å². The van der Waals surface area contributed by atoms with Crippen LogP contribution in [0.15, 0.2) is 35.9 Å². The van der Waals surface area contributed by atoms with Gasteiger partial charge >= 0.3 is 0 Å². The summed E-state index contributed by atoms with van der Waals surface area (Å²) in [5, 5.41) is 12.3. The summed E-state index contributed by atoms with van der Waals surface area (Å²) in [5.41, 5.74) is 3.43. The van der Waals surface area contributed by atoms with Crippen molar-refractivity contribution in [3.63, 3.8) is 0 Å². The topological polar surface area (TPSA) is 71.3 Å². The summed E-state index contributed by atoms with van der Waals surface area (Å²) in [7, 11) is 1.56. The number of hydrogen-bond acceptors (Lipinski definition) is 4. The summed E-state index contributed by atoms with van der Waals surface area (Å²) < 4.78 is 12.1. The van der Waals surface area contributed by atoms with Gasteiger partial charge in [-0.05, 0) is 91.3 Å². The quantitative estimate of drug-likeness (QED) is 0.341. The molecule has 0 saturated heterocycles. The summed E-state index contributed by atoms with van der Waals surface area (Å²) in [6.07, 6.45) is 1.55. The smallest absolute Gasteiger partial charge is 0.266 e. The number of carbonyl (C=O) groups excluding carboxylic acids is 1. The number of benzene rings is 2. The van der Waals surface area contributed by atoms with Gasteiger partial charge < -0.3 is 14.8 Å². The van der Waals surface area contributed by atoms with Crippen LogP contribution >= 0.6 is 22.6 Å². The molecule has 146 valence electrons. The summed E-state index contributed by atoms with van der Waals surface area (Å²) in [5.74, 6) is 0.750. The number of hydrogen-bond donors (Lipinski definition) is 1. The molecule has 2 aromatic rings. The highest BCUT2D eigenvalue weighted by Gasteiger charge is 2.15. The van der Waals surface area contributed by atoms with Crippen molar-refractivity contribution in [1.82, 2.24) is 0 Å². The van der Waals surface area contributed by atoms with Crippen LogP contribution in [-0.2, 0) is 4.79 Å². The zero-order valence-electron chi connectivity index (χ0n) is 16.6. The Labute approximate surface area is 179 Å². The molecule has 28 heavy (non-hydrogen) atoms. The van der Waals surface area contributed by atoms with E-state index in [0.717, 1.165) is 14.7 Å². The van der Waals surface area contributed by atoms with Crippen molar-refractivity contribution in [2.24, 2.45) is 0 Å². The Morgan fingerprint density at radius 1 is 1.29 bits per heavy atom. The molecule has 0 aliphatic heterocycles. The van der Waals surface area contributed by atoms with E-state index in [9.17, 15) is 10.1 Å². The Kier molecular flexibility index (Phi) is 7.46. The molecule has 0 heterocycles. The second-order valence-electron chi connectivity index (χ2n) is 6.57. The number of aryl methyl sites for hydroxylation is 1. The van der Waals surface area contributed by atoms with E-state index >= 15 is 0 Å². The molecule has 1 amide bonds. The molecule has 0 aliphatic rings. The third-order valence-corrected chi connectivity index (χ3v) is 4.94.